The van der Waals surface area contributed by atoms with Gasteiger partial charge in [-0.3, -0.25) is 4.79 Å². The molecule has 3 aliphatic rings. The Morgan fingerprint density at radius 2 is 1.96 bits per heavy atom. The first-order chi connectivity index (χ1) is 12.5. The van der Waals surface area contributed by atoms with E-state index in [9.17, 15) is 4.79 Å². The zero-order valence-electron chi connectivity index (χ0n) is 15.6. The van der Waals surface area contributed by atoms with Gasteiger partial charge < -0.3 is 18.9 Å². The van der Waals surface area contributed by atoms with E-state index in [1.54, 1.807) is 13.2 Å². The highest BCUT2D eigenvalue weighted by Gasteiger charge is 2.43. The first kappa shape index (κ1) is 17.0. The topological polar surface area (TPSA) is 54.0 Å². The van der Waals surface area contributed by atoms with Crippen molar-refractivity contribution in [1.82, 2.24) is 0 Å². The molecule has 0 radical (unpaired) electrons. The number of rotatable bonds is 2. The van der Waals surface area contributed by atoms with Gasteiger partial charge in [0.25, 0.3) is 0 Å². The number of carbonyl (C=O) groups is 1. The zero-order chi connectivity index (χ0) is 18.5. The van der Waals surface area contributed by atoms with Gasteiger partial charge in [-0.25, -0.2) is 0 Å². The molecule has 26 heavy (non-hydrogen) atoms. The van der Waals surface area contributed by atoms with Crippen molar-refractivity contribution in [2.75, 3.05) is 21.0 Å². The van der Waals surface area contributed by atoms with Gasteiger partial charge in [-0.2, -0.15) is 0 Å². The zero-order valence-corrected chi connectivity index (χ0v) is 15.6. The van der Waals surface area contributed by atoms with Crippen LogP contribution in [-0.2, 0) is 21.4 Å². The van der Waals surface area contributed by atoms with Gasteiger partial charge in [-0.1, -0.05) is 19.9 Å². The quantitative estimate of drug-likeness (QED) is 0.811. The van der Waals surface area contributed by atoms with E-state index in [1.807, 2.05) is 12.2 Å². The van der Waals surface area contributed by atoms with E-state index >= 15 is 0 Å². The molecule has 138 valence electrons. The van der Waals surface area contributed by atoms with Crippen LogP contribution >= 0.6 is 0 Å². The normalized spacial score (nSPS) is 29.2. The van der Waals surface area contributed by atoms with Gasteiger partial charge in [0.1, 0.15) is 0 Å². The predicted octanol–water partition coefficient (Wildman–Crippen LogP) is 3.55. The number of hydrogen-bond donors (Lipinski definition) is 0. The van der Waals surface area contributed by atoms with E-state index in [0.29, 0.717) is 29.1 Å². The Morgan fingerprint density at radius 3 is 2.69 bits per heavy atom. The van der Waals surface area contributed by atoms with Crippen molar-refractivity contribution < 1.29 is 23.7 Å². The minimum absolute atomic E-state index is 0.107. The summed E-state index contributed by atoms with van der Waals surface area (Å²) in [6, 6.07) is 2.07. The summed E-state index contributed by atoms with van der Waals surface area (Å²) in [7, 11) is 3.19. The molecule has 0 unspecified atom stereocenters. The van der Waals surface area contributed by atoms with Gasteiger partial charge in [-0.05, 0) is 48.5 Å². The maximum atomic E-state index is 12.2. The van der Waals surface area contributed by atoms with Crippen molar-refractivity contribution >= 4 is 5.78 Å². The Morgan fingerprint density at radius 1 is 1.15 bits per heavy atom. The molecular weight excluding hydrogens is 332 g/mol. The number of allylic oxidation sites excluding steroid dienone is 3. The minimum Gasteiger partial charge on any atom is -0.493 e. The Labute approximate surface area is 153 Å². The fourth-order valence-corrected chi connectivity index (χ4v) is 4.41. The lowest BCUT2D eigenvalue weighted by atomic mass is 9.70. The summed E-state index contributed by atoms with van der Waals surface area (Å²) < 4.78 is 22.5. The number of methoxy groups -OCH3 is 2. The summed E-state index contributed by atoms with van der Waals surface area (Å²) in [6.07, 6.45) is 7.36. The molecule has 2 aliphatic carbocycles. The molecule has 1 aromatic rings. The summed E-state index contributed by atoms with van der Waals surface area (Å²) in [5, 5.41) is 0. The summed E-state index contributed by atoms with van der Waals surface area (Å²) >= 11 is 0. The molecule has 0 saturated carbocycles. The van der Waals surface area contributed by atoms with Gasteiger partial charge in [0.05, 0.1) is 14.2 Å². The van der Waals surface area contributed by atoms with Crippen molar-refractivity contribution in [3.63, 3.8) is 0 Å². The SMILES string of the molecule is COC1=C[C@]2(C=CC1=O)C[C@@H](C)[C@H](C)Cc1cc3c(c(OC)c12)OCO3. The fourth-order valence-electron chi connectivity index (χ4n) is 4.41. The number of fused-ring (bicyclic) bond motifs is 3. The second-order valence-electron chi connectivity index (χ2n) is 7.49. The predicted molar refractivity (Wildman–Crippen MR) is 96.7 cm³/mol. The monoisotopic (exact) mass is 356 g/mol. The molecule has 0 fully saturated rings. The third-order valence-corrected chi connectivity index (χ3v) is 5.93. The standard InChI is InChI=1S/C21H24O5/c1-12-7-14-8-16-19(26-11-25-16)20(24-4)18(14)21(9-13(12)2)6-5-15(22)17(10-21)23-3/h5-6,8,10,12-13H,7,9,11H2,1-4H3/t12-,13-,21+/m1/s1. The third kappa shape index (κ3) is 2.41. The van der Waals surface area contributed by atoms with Crippen molar-refractivity contribution in [1.29, 1.82) is 0 Å². The number of ether oxygens (including phenoxy) is 4. The largest absolute Gasteiger partial charge is 0.493 e. The molecule has 1 aromatic carbocycles. The van der Waals surface area contributed by atoms with E-state index in [0.717, 1.165) is 24.2 Å². The number of carbonyl (C=O) groups excluding carboxylic acids is 1. The molecule has 1 aliphatic heterocycles. The first-order valence-corrected chi connectivity index (χ1v) is 8.99. The van der Waals surface area contributed by atoms with Crippen LogP contribution in [-0.4, -0.2) is 26.8 Å². The smallest absolute Gasteiger partial charge is 0.231 e. The van der Waals surface area contributed by atoms with Crippen LogP contribution in [0.15, 0.2) is 30.1 Å². The molecule has 0 N–H and O–H groups in total. The lowest BCUT2D eigenvalue weighted by molar-refractivity contribution is -0.114. The van der Waals surface area contributed by atoms with Crippen LogP contribution in [0.5, 0.6) is 17.2 Å². The highest BCUT2D eigenvalue weighted by Crippen LogP contribution is 2.54. The second kappa shape index (κ2) is 6.08. The Bertz CT molecular complexity index is 822. The molecular formula is C21H24O5. The van der Waals surface area contributed by atoms with Gasteiger partial charge in [-0.15, -0.1) is 0 Å². The molecule has 0 aromatic heterocycles. The maximum Gasteiger partial charge on any atom is 0.231 e. The molecule has 1 spiro atoms. The Kier molecular flexibility index (Phi) is 3.98. The van der Waals surface area contributed by atoms with E-state index in [2.05, 4.69) is 19.9 Å². The number of hydrogen-bond acceptors (Lipinski definition) is 5. The van der Waals surface area contributed by atoms with Crippen LogP contribution in [0.4, 0.5) is 0 Å². The molecule has 4 rings (SSSR count). The van der Waals surface area contributed by atoms with Crippen LogP contribution in [0.3, 0.4) is 0 Å². The van der Waals surface area contributed by atoms with Gasteiger partial charge in [0.2, 0.25) is 18.3 Å². The summed E-state index contributed by atoms with van der Waals surface area (Å²) in [5.41, 5.74) is 1.76. The Hall–Kier alpha value is -2.43. The van der Waals surface area contributed by atoms with Crippen LogP contribution in [0.2, 0.25) is 0 Å². The van der Waals surface area contributed by atoms with Crippen LogP contribution in [0, 0.1) is 11.8 Å². The highest BCUT2D eigenvalue weighted by atomic mass is 16.7. The molecule has 0 amide bonds. The molecule has 1 heterocycles. The molecule has 5 heteroatoms. The average Bonchev–Trinajstić information content (AvgIpc) is 3.06. The minimum atomic E-state index is -0.467. The third-order valence-electron chi connectivity index (χ3n) is 5.93. The molecule has 5 nitrogen and oxygen atoms in total. The van der Waals surface area contributed by atoms with Crippen molar-refractivity contribution in [2.45, 2.75) is 32.1 Å². The number of benzene rings is 1. The van der Waals surface area contributed by atoms with Crippen LogP contribution < -0.4 is 14.2 Å². The van der Waals surface area contributed by atoms with Crippen molar-refractivity contribution in [2.24, 2.45) is 11.8 Å². The first-order valence-electron chi connectivity index (χ1n) is 8.99. The van der Waals surface area contributed by atoms with E-state index in [4.69, 9.17) is 18.9 Å². The fraction of sp³-hybridized carbons (Fsp3) is 0.476. The Balaban J connectivity index is 2.02. The summed E-state index contributed by atoms with van der Waals surface area (Å²) in [4.78, 5) is 12.2. The lowest BCUT2D eigenvalue weighted by Crippen LogP contribution is -2.29. The second-order valence-corrected chi connectivity index (χ2v) is 7.49. The van der Waals surface area contributed by atoms with Gasteiger partial charge in [0.15, 0.2) is 17.3 Å². The van der Waals surface area contributed by atoms with E-state index < -0.39 is 5.41 Å². The van der Waals surface area contributed by atoms with Gasteiger partial charge >= 0.3 is 0 Å². The number of ketones is 1. The van der Waals surface area contributed by atoms with Crippen molar-refractivity contribution in [3.05, 3.63) is 41.2 Å². The van der Waals surface area contributed by atoms with Gasteiger partial charge in [0, 0.05) is 11.0 Å². The van der Waals surface area contributed by atoms with Crippen LogP contribution in [0.1, 0.15) is 31.4 Å². The molecule has 3 atom stereocenters. The highest BCUT2D eigenvalue weighted by molar-refractivity contribution is 6.04. The average molecular weight is 356 g/mol. The van der Waals surface area contributed by atoms with E-state index in [1.165, 1.54) is 12.7 Å². The summed E-state index contributed by atoms with van der Waals surface area (Å²) in [5.74, 6) is 3.28. The lowest BCUT2D eigenvalue weighted by Gasteiger charge is -2.34. The van der Waals surface area contributed by atoms with Crippen molar-refractivity contribution in [3.8, 4) is 17.2 Å². The summed E-state index contributed by atoms with van der Waals surface area (Å²) in [6.45, 7) is 4.72. The molecule has 0 saturated heterocycles. The molecule has 0 bridgehead atoms. The maximum absolute atomic E-state index is 12.2. The van der Waals surface area contributed by atoms with Crippen LogP contribution in [0.25, 0.3) is 0 Å². The van der Waals surface area contributed by atoms with E-state index in [-0.39, 0.29) is 12.6 Å².